The fraction of sp³-hybridized carbons (Fsp3) is 0.412. The van der Waals surface area contributed by atoms with E-state index in [0.29, 0.717) is 30.5 Å². The summed E-state index contributed by atoms with van der Waals surface area (Å²) in [5, 5.41) is 4.04. The Kier molecular flexibility index (Phi) is 5.10. The van der Waals surface area contributed by atoms with E-state index < -0.39 is 0 Å². The van der Waals surface area contributed by atoms with Crippen molar-refractivity contribution in [1.82, 2.24) is 10.2 Å². The standard InChI is InChI=1S/C17H21ClN2O3/c1-20(2)14(15-4-3-5-21-15)11-19-10-12-8-13(18)17-16(9-12)22-6-7-23-17/h3-5,8-9,14,19H,6-7,10-11H2,1-2H3. The highest BCUT2D eigenvalue weighted by atomic mass is 35.5. The largest absolute Gasteiger partial charge is 0.486 e. The van der Waals surface area contributed by atoms with Gasteiger partial charge in [0.1, 0.15) is 19.0 Å². The first kappa shape index (κ1) is 16.2. The minimum Gasteiger partial charge on any atom is -0.486 e. The summed E-state index contributed by atoms with van der Waals surface area (Å²) in [5.41, 5.74) is 1.07. The van der Waals surface area contributed by atoms with Crippen LogP contribution in [-0.2, 0) is 6.54 Å². The Morgan fingerprint density at radius 3 is 2.83 bits per heavy atom. The molecule has 1 atom stereocenters. The molecule has 0 saturated carbocycles. The molecule has 0 saturated heterocycles. The van der Waals surface area contributed by atoms with Crippen molar-refractivity contribution < 1.29 is 13.9 Å². The lowest BCUT2D eigenvalue weighted by Crippen LogP contribution is -2.30. The highest BCUT2D eigenvalue weighted by Gasteiger charge is 2.18. The third-order valence-corrected chi connectivity index (χ3v) is 4.10. The molecule has 1 aliphatic heterocycles. The van der Waals surface area contributed by atoms with Crippen molar-refractivity contribution in [3.8, 4) is 11.5 Å². The second-order valence-electron chi connectivity index (χ2n) is 5.73. The maximum atomic E-state index is 6.26. The molecule has 5 nitrogen and oxygen atoms in total. The molecule has 0 radical (unpaired) electrons. The third kappa shape index (κ3) is 3.80. The van der Waals surface area contributed by atoms with Crippen LogP contribution in [0, 0.1) is 0 Å². The fourth-order valence-corrected chi connectivity index (χ4v) is 2.93. The Morgan fingerprint density at radius 2 is 2.09 bits per heavy atom. The van der Waals surface area contributed by atoms with Crippen LogP contribution in [-0.4, -0.2) is 38.8 Å². The predicted molar refractivity (Wildman–Crippen MR) is 89.3 cm³/mol. The van der Waals surface area contributed by atoms with Gasteiger partial charge in [0.05, 0.1) is 17.3 Å². The van der Waals surface area contributed by atoms with Gasteiger partial charge >= 0.3 is 0 Å². The van der Waals surface area contributed by atoms with Crippen LogP contribution in [0.1, 0.15) is 17.4 Å². The van der Waals surface area contributed by atoms with Crippen LogP contribution in [0.25, 0.3) is 0 Å². The first-order valence-electron chi connectivity index (χ1n) is 7.63. The number of hydrogen-bond acceptors (Lipinski definition) is 5. The second-order valence-corrected chi connectivity index (χ2v) is 6.13. The van der Waals surface area contributed by atoms with Crippen molar-refractivity contribution >= 4 is 11.6 Å². The molecular formula is C17H21ClN2O3. The highest BCUT2D eigenvalue weighted by Crippen LogP contribution is 2.38. The van der Waals surface area contributed by atoms with Crippen LogP contribution in [0.3, 0.4) is 0 Å². The quantitative estimate of drug-likeness (QED) is 0.878. The number of hydrogen-bond donors (Lipinski definition) is 1. The molecule has 1 unspecified atom stereocenters. The number of benzene rings is 1. The van der Waals surface area contributed by atoms with Crippen LogP contribution in [0.4, 0.5) is 0 Å². The van der Waals surface area contributed by atoms with Gasteiger partial charge in [0.2, 0.25) is 0 Å². The second kappa shape index (κ2) is 7.25. The topological polar surface area (TPSA) is 46.9 Å². The number of ether oxygens (including phenoxy) is 2. The van der Waals surface area contributed by atoms with Gasteiger partial charge in [0.15, 0.2) is 11.5 Å². The van der Waals surface area contributed by atoms with E-state index in [4.69, 9.17) is 25.5 Å². The van der Waals surface area contributed by atoms with Crippen LogP contribution < -0.4 is 14.8 Å². The van der Waals surface area contributed by atoms with E-state index in [1.807, 2.05) is 38.4 Å². The zero-order chi connectivity index (χ0) is 16.2. The fourth-order valence-electron chi connectivity index (χ4n) is 2.64. The maximum absolute atomic E-state index is 6.26. The lowest BCUT2D eigenvalue weighted by molar-refractivity contribution is 0.171. The molecule has 2 aromatic rings. The summed E-state index contributed by atoms with van der Waals surface area (Å²) in [7, 11) is 4.08. The van der Waals surface area contributed by atoms with Crippen LogP contribution >= 0.6 is 11.6 Å². The molecule has 124 valence electrons. The average molecular weight is 337 g/mol. The summed E-state index contributed by atoms with van der Waals surface area (Å²) >= 11 is 6.26. The van der Waals surface area contributed by atoms with Gasteiger partial charge in [-0.3, -0.25) is 4.90 Å². The molecule has 0 fully saturated rings. The maximum Gasteiger partial charge on any atom is 0.179 e. The molecule has 0 aliphatic carbocycles. The minimum absolute atomic E-state index is 0.178. The van der Waals surface area contributed by atoms with E-state index in [2.05, 4.69) is 10.2 Å². The average Bonchev–Trinajstić information content (AvgIpc) is 3.05. The molecule has 23 heavy (non-hydrogen) atoms. The molecule has 1 N–H and O–H groups in total. The Morgan fingerprint density at radius 1 is 1.26 bits per heavy atom. The molecule has 3 rings (SSSR count). The van der Waals surface area contributed by atoms with Gasteiger partial charge < -0.3 is 19.2 Å². The van der Waals surface area contributed by atoms with E-state index >= 15 is 0 Å². The summed E-state index contributed by atoms with van der Waals surface area (Å²) in [6, 6.07) is 7.97. The lowest BCUT2D eigenvalue weighted by atomic mass is 10.1. The SMILES string of the molecule is CN(C)C(CNCc1cc(Cl)c2c(c1)OCCO2)c1ccco1. The third-order valence-electron chi connectivity index (χ3n) is 3.82. The van der Waals surface area contributed by atoms with Crippen LogP contribution in [0.15, 0.2) is 34.9 Å². The van der Waals surface area contributed by atoms with Gasteiger partial charge in [-0.25, -0.2) is 0 Å². The molecule has 1 aromatic carbocycles. The van der Waals surface area contributed by atoms with Gasteiger partial charge in [0.25, 0.3) is 0 Å². The normalized spacial score (nSPS) is 15.0. The summed E-state index contributed by atoms with van der Waals surface area (Å²) in [5.74, 6) is 2.31. The number of rotatable bonds is 6. The molecule has 0 amide bonds. The Balaban J connectivity index is 1.63. The number of nitrogens with zero attached hydrogens (tertiary/aromatic N) is 1. The molecule has 2 heterocycles. The van der Waals surface area contributed by atoms with Gasteiger partial charge in [-0.05, 0) is 43.9 Å². The number of fused-ring (bicyclic) bond motifs is 1. The molecular weight excluding hydrogens is 316 g/mol. The van der Waals surface area contributed by atoms with Crippen LogP contribution in [0.5, 0.6) is 11.5 Å². The van der Waals surface area contributed by atoms with E-state index in [0.717, 1.165) is 23.6 Å². The lowest BCUT2D eigenvalue weighted by Gasteiger charge is -2.23. The summed E-state index contributed by atoms with van der Waals surface area (Å²) in [4.78, 5) is 2.13. The van der Waals surface area contributed by atoms with Crippen molar-refractivity contribution in [2.45, 2.75) is 12.6 Å². The summed E-state index contributed by atoms with van der Waals surface area (Å²) in [6.07, 6.45) is 1.70. The zero-order valence-corrected chi connectivity index (χ0v) is 14.1. The van der Waals surface area contributed by atoms with Gasteiger partial charge in [-0.2, -0.15) is 0 Å². The van der Waals surface area contributed by atoms with Crippen molar-refractivity contribution in [2.75, 3.05) is 33.9 Å². The van der Waals surface area contributed by atoms with E-state index in [1.165, 1.54) is 0 Å². The Labute approximate surface area is 141 Å². The number of nitrogens with one attached hydrogen (secondary N) is 1. The van der Waals surface area contributed by atoms with Crippen molar-refractivity contribution in [1.29, 1.82) is 0 Å². The predicted octanol–water partition coefficient (Wildman–Crippen LogP) is 3.10. The molecule has 0 bridgehead atoms. The number of furan rings is 1. The van der Waals surface area contributed by atoms with Gasteiger partial charge in [-0.15, -0.1) is 0 Å². The minimum atomic E-state index is 0.178. The van der Waals surface area contributed by atoms with Gasteiger partial charge in [-0.1, -0.05) is 11.6 Å². The summed E-state index contributed by atoms with van der Waals surface area (Å²) in [6.45, 7) is 2.56. The smallest absolute Gasteiger partial charge is 0.179 e. The van der Waals surface area contributed by atoms with Crippen molar-refractivity contribution in [3.63, 3.8) is 0 Å². The van der Waals surface area contributed by atoms with Crippen molar-refractivity contribution in [3.05, 3.63) is 46.9 Å². The molecule has 6 heteroatoms. The highest BCUT2D eigenvalue weighted by molar-refractivity contribution is 6.32. The summed E-state index contributed by atoms with van der Waals surface area (Å²) < 4.78 is 16.7. The molecule has 0 spiro atoms. The van der Waals surface area contributed by atoms with E-state index in [1.54, 1.807) is 6.26 Å². The van der Waals surface area contributed by atoms with E-state index in [9.17, 15) is 0 Å². The van der Waals surface area contributed by atoms with E-state index in [-0.39, 0.29) is 6.04 Å². The van der Waals surface area contributed by atoms with Crippen molar-refractivity contribution in [2.24, 2.45) is 0 Å². The number of halogens is 1. The molecule has 1 aromatic heterocycles. The van der Waals surface area contributed by atoms with Crippen LogP contribution in [0.2, 0.25) is 5.02 Å². The monoisotopic (exact) mass is 336 g/mol. The first-order valence-corrected chi connectivity index (χ1v) is 8.01. The molecule has 1 aliphatic rings. The first-order chi connectivity index (χ1) is 11.1. The number of likely N-dealkylation sites (N-methyl/N-ethyl adjacent to an activating group) is 1. The Hall–Kier alpha value is -1.69. The van der Waals surface area contributed by atoms with Gasteiger partial charge in [0, 0.05) is 13.1 Å². The zero-order valence-electron chi connectivity index (χ0n) is 13.3. The Bertz CT molecular complexity index is 644.